The maximum atomic E-state index is 13.1. The highest BCUT2D eigenvalue weighted by Crippen LogP contribution is 2.30. The molecule has 3 aromatic carbocycles. The fourth-order valence-electron chi connectivity index (χ4n) is 3.53. The van der Waals surface area contributed by atoms with Gasteiger partial charge in [-0.05, 0) is 55.0 Å². The topological polar surface area (TPSA) is 103 Å². The monoisotopic (exact) mass is 522 g/mol. The summed E-state index contributed by atoms with van der Waals surface area (Å²) in [6.45, 7) is 1.91. The lowest BCUT2D eigenvalue weighted by Gasteiger charge is -2.16. The number of sulfone groups is 1. The zero-order chi connectivity index (χ0) is 25.5. The predicted octanol–water partition coefficient (Wildman–Crippen LogP) is 4.76. The molecule has 1 aromatic heterocycles. The van der Waals surface area contributed by atoms with Gasteiger partial charge in [0.2, 0.25) is 5.91 Å². The number of hydrogen-bond acceptors (Lipinski definition) is 7. The molecule has 4 rings (SSSR count). The molecule has 1 heterocycles. The Morgan fingerprint density at radius 1 is 0.972 bits per heavy atom. The van der Waals surface area contributed by atoms with Gasteiger partial charge in [0.15, 0.2) is 20.8 Å². The van der Waals surface area contributed by atoms with Crippen LogP contribution in [0.5, 0.6) is 5.75 Å². The van der Waals surface area contributed by atoms with Crippen molar-refractivity contribution in [3.63, 3.8) is 0 Å². The van der Waals surface area contributed by atoms with Gasteiger partial charge in [0, 0.05) is 11.4 Å². The Hall–Kier alpha value is -3.63. The molecule has 0 radical (unpaired) electrons. The van der Waals surface area contributed by atoms with E-state index in [1.54, 1.807) is 66.3 Å². The Bertz CT molecular complexity index is 1410. The van der Waals surface area contributed by atoms with Crippen LogP contribution in [0.25, 0.3) is 5.69 Å². The molecule has 0 bridgehead atoms. The van der Waals surface area contributed by atoms with Crippen LogP contribution in [0.1, 0.15) is 19.2 Å². The van der Waals surface area contributed by atoms with Crippen LogP contribution in [0.4, 0.5) is 5.69 Å². The minimum Gasteiger partial charge on any atom is -0.497 e. The first kappa shape index (κ1) is 25.5. The number of thioether (sulfide) groups is 1. The van der Waals surface area contributed by atoms with Gasteiger partial charge in [0.1, 0.15) is 11.5 Å². The number of aromatic nitrogens is 3. The lowest BCUT2D eigenvalue weighted by molar-refractivity contribution is -0.115. The van der Waals surface area contributed by atoms with E-state index in [1.807, 2.05) is 37.3 Å². The van der Waals surface area contributed by atoms with Gasteiger partial charge in [-0.25, -0.2) is 8.42 Å². The number of nitrogens with one attached hydrogen (secondary N) is 1. The average molecular weight is 523 g/mol. The molecule has 0 aliphatic heterocycles. The molecule has 0 aliphatic rings. The Morgan fingerprint density at radius 3 is 2.22 bits per heavy atom. The zero-order valence-electron chi connectivity index (χ0n) is 19.9. The van der Waals surface area contributed by atoms with E-state index in [1.165, 1.54) is 11.8 Å². The van der Waals surface area contributed by atoms with Crippen molar-refractivity contribution < 1.29 is 17.9 Å². The molecule has 4 aromatic rings. The molecular formula is C26H26N4O4S2. The third kappa shape index (κ3) is 5.95. The maximum Gasteiger partial charge on any atom is 0.237 e. The fraction of sp³-hybridized carbons (Fsp3) is 0.192. The fourth-order valence-corrected chi connectivity index (χ4v) is 5.79. The van der Waals surface area contributed by atoms with Gasteiger partial charge in [-0.2, -0.15) is 0 Å². The molecule has 1 unspecified atom stereocenters. The molecule has 0 saturated heterocycles. The van der Waals surface area contributed by atoms with Gasteiger partial charge in [0.05, 0.1) is 17.3 Å². The molecule has 1 amide bonds. The van der Waals surface area contributed by atoms with Crippen LogP contribution in [0.3, 0.4) is 0 Å². The number of ether oxygens (including phenoxy) is 1. The summed E-state index contributed by atoms with van der Waals surface area (Å²) in [6, 6.07) is 24.6. The van der Waals surface area contributed by atoms with Crippen molar-refractivity contribution in [3.8, 4) is 11.4 Å². The number of methoxy groups -OCH3 is 1. The Labute approximate surface area is 214 Å². The van der Waals surface area contributed by atoms with Crippen LogP contribution < -0.4 is 10.1 Å². The normalized spacial score (nSPS) is 12.2. The predicted molar refractivity (Wildman–Crippen MR) is 140 cm³/mol. The number of carbonyl (C=O) groups is 1. The number of hydrogen-bond donors (Lipinski definition) is 1. The number of benzene rings is 3. The van der Waals surface area contributed by atoms with Gasteiger partial charge < -0.3 is 10.1 Å². The van der Waals surface area contributed by atoms with E-state index in [0.29, 0.717) is 28.7 Å². The van der Waals surface area contributed by atoms with Gasteiger partial charge in [-0.3, -0.25) is 9.36 Å². The minimum absolute atomic E-state index is 0.186. The SMILES string of the molecule is CCC(Sc1nnc(CS(=O)(=O)c2ccccc2)n1-c1ccccc1)C(=O)Nc1ccc(OC)cc1. The summed E-state index contributed by atoms with van der Waals surface area (Å²) in [5, 5.41) is 11.4. The highest BCUT2D eigenvalue weighted by Gasteiger charge is 2.26. The molecule has 0 aliphatic carbocycles. The highest BCUT2D eigenvalue weighted by atomic mass is 32.2. The second-order valence-corrected chi connectivity index (χ2v) is 11.0. The van der Waals surface area contributed by atoms with E-state index in [2.05, 4.69) is 15.5 Å². The largest absolute Gasteiger partial charge is 0.497 e. The zero-order valence-corrected chi connectivity index (χ0v) is 21.5. The van der Waals surface area contributed by atoms with Gasteiger partial charge in [0.25, 0.3) is 0 Å². The Kier molecular flexibility index (Phi) is 8.07. The quantitative estimate of drug-likeness (QED) is 0.300. The number of anilines is 1. The van der Waals surface area contributed by atoms with E-state index >= 15 is 0 Å². The lowest BCUT2D eigenvalue weighted by atomic mass is 10.2. The van der Waals surface area contributed by atoms with Crippen molar-refractivity contribution in [2.75, 3.05) is 12.4 Å². The van der Waals surface area contributed by atoms with Gasteiger partial charge in [-0.15, -0.1) is 10.2 Å². The summed E-state index contributed by atoms with van der Waals surface area (Å²) >= 11 is 1.25. The van der Waals surface area contributed by atoms with Crippen molar-refractivity contribution in [2.45, 2.75) is 34.4 Å². The number of nitrogens with zero attached hydrogens (tertiary/aromatic N) is 3. The van der Waals surface area contributed by atoms with E-state index in [9.17, 15) is 13.2 Å². The molecule has 1 atom stereocenters. The molecule has 1 N–H and O–H groups in total. The van der Waals surface area contributed by atoms with E-state index in [-0.39, 0.29) is 22.4 Å². The lowest BCUT2D eigenvalue weighted by Crippen LogP contribution is -2.25. The second-order valence-electron chi connectivity index (χ2n) is 7.87. The average Bonchev–Trinajstić information content (AvgIpc) is 3.29. The van der Waals surface area contributed by atoms with Crippen LogP contribution in [0.2, 0.25) is 0 Å². The molecule has 0 spiro atoms. The van der Waals surface area contributed by atoms with Crippen LogP contribution in [0, 0.1) is 0 Å². The van der Waals surface area contributed by atoms with Crippen molar-refractivity contribution >= 4 is 33.2 Å². The number of amides is 1. The first-order chi connectivity index (χ1) is 17.4. The highest BCUT2D eigenvalue weighted by molar-refractivity contribution is 8.00. The Morgan fingerprint density at radius 2 is 1.61 bits per heavy atom. The number of para-hydroxylation sites is 1. The third-order valence-electron chi connectivity index (χ3n) is 5.40. The van der Waals surface area contributed by atoms with E-state index in [4.69, 9.17) is 4.74 Å². The molecule has 186 valence electrons. The summed E-state index contributed by atoms with van der Waals surface area (Å²) in [5.41, 5.74) is 1.37. The smallest absolute Gasteiger partial charge is 0.237 e. The number of carbonyl (C=O) groups excluding carboxylic acids is 1. The molecule has 0 saturated carbocycles. The molecule has 36 heavy (non-hydrogen) atoms. The van der Waals surface area contributed by atoms with Crippen LogP contribution in [-0.2, 0) is 20.4 Å². The minimum atomic E-state index is -3.65. The number of rotatable bonds is 10. The Balaban J connectivity index is 1.62. The summed E-state index contributed by atoms with van der Waals surface area (Å²) in [7, 11) is -2.07. The second kappa shape index (κ2) is 11.4. The van der Waals surface area contributed by atoms with Crippen molar-refractivity contribution in [1.29, 1.82) is 0 Å². The van der Waals surface area contributed by atoms with Crippen LogP contribution >= 0.6 is 11.8 Å². The van der Waals surface area contributed by atoms with Crippen molar-refractivity contribution in [3.05, 3.63) is 90.8 Å². The first-order valence-electron chi connectivity index (χ1n) is 11.3. The van der Waals surface area contributed by atoms with E-state index < -0.39 is 15.1 Å². The van der Waals surface area contributed by atoms with E-state index in [0.717, 1.165) is 0 Å². The standard InChI is InChI=1S/C26H26N4O4S2/c1-3-23(25(31)27-19-14-16-21(34-2)17-15-19)35-26-29-28-24(30(26)20-10-6-4-7-11-20)18-36(32,33)22-12-8-5-9-13-22/h4-17,23H,3,18H2,1-2H3,(H,27,31). The summed E-state index contributed by atoms with van der Waals surface area (Å²) in [4.78, 5) is 13.3. The molecule has 8 nitrogen and oxygen atoms in total. The first-order valence-corrected chi connectivity index (χ1v) is 13.8. The van der Waals surface area contributed by atoms with Crippen molar-refractivity contribution in [2.24, 2.45) is 0 Å². The summed E-state index contributed by atoms with van der Waals surface area (Å²) in [5.74, 6) is 0.462. The third-order valence-corrected chi connectivity index (χ3v) is 8.34. The van der Waals surface area contributed by atoms with Crippen LogP contribution in [0.15, 0.2) is 95.0 Å². The molecule has 10 heteroatoms. The summed E-state index contributed by atoms with van der Waals surface area (Å²) in [6.07, 6.45) is 0.534. The van der Waals surface area contributed by atoms with Gasteiger partial charge in [-0.1, -0.05) is 55.1 Å². The van der Waals surface area contributed by atoms with Gasteiger partial charge >= 0.3 is 0 Å². The van der Waals surface area contributed by atoms with Crippen LogP contribution in [-0.4, -0.2) is 41.4 Å². The maximum absolute atomic E-state index is 13.1. The van der Waals surface area contributed by atoms with Crippen molar-refractivity contribution in [1.82, 2.24) is 14.8 Å². The molecular weight excluding hydrogens is 496 g/mol. The molecule has 0 fully saturated rings. The summed E-state index contributed by atoms with van der Waals surface area (Å²) < 4.78 is 33.0.